The van der Waals surface area contributed by atoms with Crippen LogP contribution in [0.1, 0.15) is 25.5 Å². The van der Waals surface area contributed by atoms with Gasteiger partial charge < -0.3 is 20.3 Å². The summed E-state index contributed by atoms with van der Waals surface area (Å²) in [6.07, 6.45) is 7.60. The van der Waals surface area contributed by atoms with E-state index in [-0.39, 0.29) is 12.1 Å². The summed E-state index contributed by atoms with van der Waals surface area (Å²) in [5, 5.41) is 9.60. The highest BCUT2D eigenvalue weighted by molar-refractivity contribution is 8.25. The zero-order chi connectivity index (χ0) is 28.6. The topological polar surface area (TPSA) is 151 Å². The Balaban J connectivity index is 1.32. The Morgan fingerprint density at radius 3 is 2.46 bits per heavy atom. The molecule has 12 nitrogen and oxygen atoms in total. The molecule has 2 aliphatic rings. The predicted octanol–water partition coefficient (Wildman–Crippen LogP) is 4.94. The summed E-state index contributed by atoms with van der Waals surface area (Å²) in [5.41, 5.74) is 2.52. The molecule has 0 bridgehead atoms. The number of carbonyl (C=O) groups excluding carboxylic acids is 1. The molecular weight excluding hydrogens is 544 g/mol. The van der Waals surface area contributed by atoms with E-state index in [1.807, 2.05) is 18.2 Å². The minimum Gasteiger partial charge on any atom is -0.377 e. The van der Waals surface area contributed by atoms with Gasteiger partial charge in [0.1, 0.15) is 10.6 Å². The molecule has 4 heterocycles. The first-order valence-electron chi connectivity index (χ1n) is 13.3. The van der Waals surface area contributed by atoms with Crippen LogP contribution in [0.4, 0.5) is 22.0 Å². The van der Waals surface area contributed by atoms with Crippen molar-refractivity contribution in [2.24, 2.45) is 7.05 Å². The fourth-order valence-electron chi connectivity index (χ4n) is 5.05. The quantitative estimate of drug-likeness (QED) is 0.240. The Labute approximate surface area is 239 Å². The average molecular weight is 577 g/mol. The molecule has 41 heavy (non-hydrogen) atoms. The Hall–Kier alpha value is -4.04. The molecule has 1 aromatic carbocycles. The lowest BCUT2D eigenvalue weighted by atomic mass is 10.1. The van der Waals surface area contributed by atoms with E-state index in [2.05, 4.69) is 32.5 Å². The highest BCUT2D eigenvalue weighted by Crippen LogP contribution is 2.75. The molecule has 3 aromatic heterocycles. The van der Waals surface area contributed by atoms with Crippen molar-refractivity contribution in [1.29, 1.82) is 0 Å². The molecule has 1 aliphatic heterocycles. The van der Waals surface area contributed by atoms with E-state index in [1.165, 1.54) is 0 Å². The Bertz CT molecular complexity index is 1540. The number of hydrogen-bond acceptors (Lipinski definition) is 9. The Kier molecular flexibility index (Phi) is 7.11. The van der Waals surface area contributed by atoms with Crippen molar-refractivity contribution in [3.05, 3.63) is 72.9 Å². The van der Waals surface area contributed by atoms with E-state index in [4.69, 9.17) is 14.7 Å². The van der Waals surface area contributed by atoms with Gasteiger partial charge in [-0.05, 0) is 56.2 Å². The first-order valence-corrected chi connectivity index (χ1v) is 14.9. The van der Waals surface area contributed by atoms with Gasteiger partial charge in [0.15, 0.2) is 5.82 Å². The summed E-state index contributed by atoms with van der Waals surface area (Å²) >= 11 is 0. The number of nitrogens with one attached hydrogen (secondary N) is 2. The lowest BCUT2D eigenvalue weighted by Gasteiger charge is -2.41. The number of carbonyl (C=O) groups is 1. The lowest BCUT2D eigenvalue weighted by Crippen LogP contribution is -2.44. The van der Waals surface area contributed by atoms with Crippen LogP contribution in [0.25, 0.3) is 11.4 Å². The van der Waals surface area contributed by atoms with Gasteiger partial charge in [0, 0.05) is 49.5 Å². The zero-order valence-corrected chi connectivity index (χ0v) is 23.6. The number of morpholine rings is 1. The molecule has 214 valence electrons. The number of amides is 2. The van der Waals surface area contributed by atoms with Gasteiger partial charge in [-0.1, -0.05) is 0 Å². The summed E-state index contributed by atoms with van der Waals surface area (Å²) in [6.45, 7) is 3.90. The fraction of sp³-hybridized carbons (Fsp3) is 0.321. The summed E-state index contributed by atoms with van der Waals surface area (Å²) in [5.74, 6) is 1.19. The third kappa shape index (κ3) is 5.36. The molecule has 0 spiro atoms. The molecule has 2 fully saturated rings. The van der Waals surface area contributed by atoms with Gasteiger partial charge in [-0.25, -0.2) is 14.8 Å². The molecule has 1 saturated carbocycles. The molecule has 13 heteroatoms. The molecule has 4 N–H and O–H groups in total. The average Bonchev–Trinajstić information content (AvgIpc) is 3.71. The number of anilines is 3. The van der Waals surface area contributed by atoms with Crippen LogP contribution < -0.4 is 15.5 Å². The Morgan fingerprint density at radius 1 is 1.07 bits per heavy atom. The minimum absolute atomic E-state index is 0.0972. The maximum Gasteiger partial charge on any atom is 0.323 e. The molecular formula is C28H32N8O4S. The van der Waals surface area contributed by atoms with Crippen molar-refractivity contribution in [2.45, 2.75) is 35.4 Å². The standard InChI is InChI=1S/C28H32N8O4S/c1-19-18-40-14-13-36(19)25-15-24(28(9-10-28)41(38,39)23-7-11-29-12-8-23)33-26(34-25)20-3-5-21(6-4-20)31-27(37)32-22-16-30-35(2)17-22/h3-8,11-12,15-17,19,38-39H,9-10,13-14,18H2,1-2H3,(H2,31,32,37)/t19-/m0/s1. The highest BCUT2D eigenvalue weighted by Gasteiger charge is 2.57. The van der Waals surface area contributed by atoms with Gasteiger partial charge in [-0.3, -0.25) is 18.8 Å². The monoisotopic (exact) mass is 576 g/mol. The second kappa shape index (κ2) is 10.7. The number of aryl methyl sites for hydroxylation is 1. The number of pyridine rings is 1. The van der Waals surface area contributed by atoms with Crippen molar-refractivity contribution in [3.63, 3.8) is 0 Å². The molecule has 1 saturated heterocycles. The molecule has 2 amide bonds. The van der Waals surface area contributed by atoms with Crippen molar-refractivity contribution in [3.8, 4) is 11.4 Å². The number of rotatable bonds is 7. The number of nitrogens with zero attached hydrogens (tertiary/aromatic N) is 6. The molecule has 1 aliphatic carbocycles. The maximum absolute atomic E-state index is 12.4. The number of benzene rings is 1. The molecule has 4 aromatic rings. The minimum atomic E-state index is -3.22. The second-order valence-electron chi connectivity index (χ2n) is 10.3. The first kappa shape index (κ1) is 27.1. The van der Waals surface area contributed by atoms with Crippen molar-refractivity contribution in [1.82, 2.24) is 24.7 Å². The van der Waals surface area contributed by atoms with Crippen LogP contribution in [-0.4, -0.2) is 65.7 Å². The summed E-state index contributed by atoms with van der Waals surface area (Å²) in [7, 11) is -1.44. The van der Waals surface area contributed by atoms with Crippen LogP contribution in [-0.2, 0) is 16.5 Å². The number of hydrogen-bond donors (Lipinski definition) is 4. The van der Waals surface area contributed by atoms with E-state index in [1.54, 1.807) is 60.8 Å². The van der Waals surface area contributed by atoms with Crippen LogP contribution in [0.15, 0.2) is 72.1 Å². The van der Waals surface area contributed by atoms with Gasteiger partial charge in [-0.2, -0.15) is 15.7 Å². The molecule has 0 radical (unpaired) electrons. The highest BCUT2D eigenvalue weighted by atomic mass is 32.3. The van der Waals surface area contributed by atoms with Crippen LogP contribution in [0.5, 0.6) is 0 Å². The maximum atomic E-state index is 12.4. The summed E-state index contributed by atoms with van der Waals surface area (Å²) in [6, 6.07) is 12.1. The zero-order valence-electron chi connectivity index (χ0n) is 22.8. The van der Waals surface area contributed by atoms with Gasteiger partial charge >= 0.3 is 6.03 Å². The van der Waals surface area contributed by atoms with Gasteiger partial charge in [-0.15, -0.1) is 0 Å². The lowest BCUT2D eigenvalue weighted by molar-refractivity contribution is 0.0985. The third-order valence-electron chi connectivity index (χ3n) is 7.43. The van der Waals surface area contributed by atoms with E-state index in [9.17, 15) is 13.9 Å². The van der Waals surface area contributed by atoms with E-state index in [0.717, 1.165) is 11.4 Å². The molecule has 6 rings (SSSR count). The molecule has 0 unspecified atom stereocenters. The van der Waals surface area contributed by atoms with E-state index >= 15 is 0 Å². The van der Waals surface area contributed by atoms with Crippen molar-refractivity contribution < 1.29 is 18.6 Å². The van der Waals surface area contributed by atoms with E-state index < -0.39 is 15.3 Å². The van der Waals surface area contributed by atoms with Crippen LogP contribution in [0, 0.1) is 0 Å². The van der Waals surface area contributed by atoms with Crippen LogP contribution >= 0.6 is 10.6 Å². The normalized spacial score (nSPS) is 18.5. The smallest absolute Gasteiger partial charge is 0.323 e. The fourth-order valence-corrected chi connectivity index (χ4v) is 7.07. The third-order valence-corrected chi connectivity index (χ3v) is 10.1. The SMILES string of the molecule is C[C@H]1COCCN1c1cc(C2(S(O)(O)c3ccncc3)CC2)nc(-c2ccc(NC(=O)Nc3cnn(C)c3)cc2)n1. The van der Waals surface area contributed by atoms with Crippen molar-refractivity contribution in [2.75, 3.05) is 35.3 Å². The van der Waals surface area contributed by atoms with Gasteiger partial charge in [0.05, 0.1) is 41.7 Å². The number of aromatic nitrogens is 5. The Morgan fingerprint density at radius 2 is 1.80 bits per heavy atom. The van der Waals surface area contributed by atoms with E-state index in [0.29, 0.717) is 60.4 Å². The van der Waals surface area contributed by atoms with Gasteiger partial charge in [0.2, 0.25) is 0 Å². The van der Waals surface area contributed by atoms with Crippen LogP contribution in [0.3, 0.4) is 0 Å². The summed E-state index contributed by atoms with van der Waals surface area (Å²) in [4.78, 5) is 28.9. The second-order valence-corrected chi connectivity index (χ2v) is 12.7. The largest absolute Gasteiger partial charge is 0.377 e. The predicted molar refractivity (Wildman–Crippen MR) is 157 cm³/mol. The number of ether oxygens (including phenoxy) is 1. The van der Waals surface area contributed by atoms with Crippen LogP contribution in [0.2, 0.25) is 0 Å². The summed E-state index contributed by atoms with van der Waals surface area (Å²) < 4.78 is 29.4. The molecule has 1 atom stereocenters. The van der Waals surface area contributed by atoms with Gasteiger partial charge in [0.25, 0.3) is 0 Å². The first-order chi connectivity index (χ1) is 19.7. The number of urea groups is 1. The van der Waals surface area contributed by atoms with Crippen molar-refractivity contribution >= 4 is 33.8 Å².